The summed E-state index contributed by atoms with van der Waals surface area (Å²) in [5.41, 5.74) is 1.97. The minimum Gasteiger partial charge on any atom is -0.348 e. The number of hydrogen-bond donors (Lipinski definition) is 1. The maximum absolute atomic E-state index is 13.1. The first-order chi connectivity index (χ1) is 13.8. The fourth-order valence-electron chi connectivity index (χ4n) is 3.39. The first kappa shape index (κ1) is 19.7. The normalized spacial score (nSPS) is 18.1. The zero-order chi connectivity index (χ0) is 20.6. The van der Waals surface area contributed by atoms with Crippen LogP contribution in [0.5, 0.6) is 0 Å². The number of thiophene rings is 1. The highest BCUT2D eigenvalue weighted by molar-refractivity contribution is 7.91. The van der Waals surface area contributed by atoms with Crippen molar-refractivity contribution in [3.05, 3.63) is 47.2 Å². The van der Waals surface area contributed by atoms with Gasteiger partial charge in [-0.1, -0.05) is 6.07 Å². The highest BCUT2D eigenvalue weighted by Crippen LogP contribution is 2.27. The SMILES string of the molecule is C[C@H](Nc1nc(C(=O)N2CC[C@H](S(C)(=O)=O)C2)c2sccc2n1)c1cccnc1. The molecule has 3 aromatic heterocycles. The Morgan fingerprint density at radius 2 is 2.17 bits per heavy atom. The summed E-state index contributed by atoms with van der Waals surface area (Å²) in [5.74, 6) is 0.0949. The fourth-order valence-corrected chi connectivity index (χ4v) is 5.19. The Kier molecular flexibility index (Phi) is 5.22. The Balaban J connectivity index is 1.62. The third kappa shape index (κ3) is 4.08. The van der Waals surface area contributed by atoms with E-state index in [1.54, 1.807) is 17.3 Å². The number of amides is 1. The molecular weight excluding hydrogens is 410 g/mol. The lowest BCUT2D eigenvalue weighted by molar-refractivity contribution is 0.0789. The number of likely N-dealkylation sites (tertiary alicyclic amines) is 1. The van der Waals surface area contributed by atoms with Crippen LogP contribution in [0.25, 0.3) is 10.2 Å². The Hall–Kier alpha value is -2.59. The number of nitrogens with zero attached hydrogens (tertiary/aromatic N) is 4. The Morgan fingerprint density at radius 3 is 2.86 bits per heavy atom. The van der Waals surface area contributed by atoms with Crippen molar-refractivity contribution in [3.8, 4) is 0 Å². The predicted octanol–water partition coefficient (Wildman–Crippen LogP) is 2.52. The minimum absolute atomic E-state index is 0.0934. The van der Waals surface area contributed by atoms with Crippen molar-refractivity contribution in [2.24, 2.45) is 0 Å². The van der Waals surface area contributed by atoms with Crippen molar-refractivity contribution in [3.63, 3.8) is 0 Å². The number of carbonyl (C=O) groups is 1. The summed E-state index contributed by atoms with van der Waals surface area (Å²) in [7, 11) is -3.18. The molecule has 0 aromatic carbocycles. The second-order valence-electron chi connectivity index (χ2n) is 7.17. The summed E-state index contributed by atoms with van der Waals surface area (Å²) in [6.45, 7) is 2.57. The largest absolute Gasteiger partial charge is 0.348 e. The number of fused-ring (bicyclic) bond motifs is 1. The lowest BCUT2D eigenvalue weighted by Gasteiger charge is -2.18. The van der Waals surface area contributed by atoms with Crippen molar-refractivity contribution in [2.45, 2.75) is 24.6 Å². The number of anilines is 1. The molecule has 4 heterocycles. The minimum atomic E-state index is -3.18. The van der Waals surface area contributed by atoms with Gasteiger partial charge in [0.1, 0.15) is 0 Å². The van der Waals surface area contributed by atoms with Crippen molar-refractivity contribution in [1.29, 1.82) is 0 Å². The third-order valence-corrected chi connectivity index (χ3v) is 7.58. The van der Waals surface area contributed by atoms with Gasteiger partial charge >= 0.3 is 0 Å². The molecule has 0 saturated carbocycles. The van der Waals surface area contributed by atoms with E-state index in [0.29, 0.717) is 34.8 Å². The van der Waals surface area contributed by atoms with Gasteiger partial charge in [0.2, 0.25) is 5.95 Å². The molecule has 1 amide bonds. The third-order valence-electron chi connectivity index (χ3n) is 5.07. The number of aromatic nitrogens is 3. The molecule has 3 aromatic rings. The van der Waals surface area contributed by atoms with Crippen LogP contribution in [-0.2, 0) is 9.84 Å². The number of carbonyl (C=O) groups excluding carboxylic acids is 1. The molecular formula is C19H21N5O3S2. The van der Waals surface area contributed by atoms with Gasteiger partial charge in [0.05, 0.1) is 21.5 Å². The number of pyridine rings is 1. The van der Waals surface area contributed by atoms with Crippen LogP contribution in [0.3, 0.4) is 0 Å². The Labute approximate surface area is 172 Å². The van der Waals surface area contributed by atoms with Crippen LogP contribution in [0.1, 0.15) is 35.4 Å². The first-order valence-electron chi connectivity index (χ1n) is 9.23. The highest BCUT2D eigenvalue weighted by Gasteiger charge is 2.34. The van der Waals surface area contributed by atoms with Crippen LogP contribution in [-0.4, -0.2) is 58.8 Å². The Bertz CT molecular complexity index is 1150. The maximum atomic E-state index is 13.1. The second kappa shape index (κ2) is 7.68. The first-order valence-corrected chi connectivity index (χ1v) is 12.1. The van der Waals surface area contributed by atoms with Gasteiger partial charge in [-0.2, -0.15) is 0 Å². The molecule has 1 aliphatic heterocycles. The Morgan fingerprint density at radius 1 is 1.34 bits per heavy atom. The van der Waals surface area contributed by atoms with E-state index in [1.165, 1.54) is 17.6 Å². The van der Waals surface area contributed by atoms with Crippen molar-refractivity contribution < 1.29 is 13.2 Å². The zero-order valence-electron chi connectivity index (χ0n) is 16.1. The lowest BCUT2D eigenvalue weighted by Crippen LogP contribution is -2.32. The molecule has 29 heavy (non-hydrogen) atoms. The van der Waals surface area contributed by atoms with E-state index in [-0.39, 0.29) is 18.5 Å². The summed E-state index contributed by atoms with van der Waals surface area (Å²) in [4.78, 5) is 27.9. The van der Waals surface area contributed by atoms with Crippen LogP contribution in [0.2, 0.25) is 0 Å². The summed E-state index contributed by atoms with van der Waals surface area (Å²) < 4.78 is 24.4. The van der Waals surface area contributed by atoms with Crippen LogP contribution >= 0.6 is 11.3 Å². The van der Waals surface area contributed by atoms with E-state index in [2.05, 4.69) is 20.3 Å². The van der Waals surface area contributed by atoms with Crippen molar-refractivity contribution >= 4 is 43.2 Å². The molecule has 1 fully saturated rings. The molecule has 0 aliphatic carbocycles. The molecule has 10 heteroatoms. The number of sulfone groups is 1. The summed E-state index contributed by atoms with van der Waals surface area (Å²) in [6, 6.07) is 5.57. The van der Waals surface area contributed by atoms with Crippen LogP contribution < -0.4 is 5.32 Å². The molecule has 1 N–H and O–H groups in total. The maximum Gasteiger partial charge on any atom is 0.274 e. The highest BCUT2D eigenvalue weighted by atomic mass is 32.2. The molecule has 1 aliphatic rings. The van der Waals surface area contributed by atoms with Gasteiger partial charge in [0, 0.05) is 31.7 Å². The van der Waals surface area contributed by atoms with Gasteiger partial charge in [0.15, 0.2) is 15.5 Å². The quantitative estimate of drug-likeness (QED) is 0.662. The van der Waals surface area contributed by atoms with E-state index >= 15 is 0 Å². The van der Waals surface area contributed by atoms with Gasteiger partial charge < -0.3 is 10.2 Å². The molecule has 0 spiro atoms. The topological polar surface area (TPSA) is 105 Å². The molecule has 8 nitrogen and oxygen atoms in total. The summed E-state index contributed by atoms with van der Waals surface area (Å²) >= 11 is 1.40. The van der Waals surface area contributed by atoms with Crippen LogP contribution in [0.15, 0.2) is 36.0 Å². The second-order valence-corrected chi connectivity index (χ2v) is 10.4. The van der Waals surface area contributed by atoms with Gasteiger partial charge in [-0.25, -0.2) is 18.4 Å². The van der Waals surface area contributed by atoms with Gasteiger partial charge in [-0.05, 0) is 36.4 Å². The average Bonchev–Trinajstić information content (AvgIpc) is 3.37. The number of nitrogens with one attached hydrogen (secondary N) is 1. The van der Waals surface area contributed by atoms with Gasteiger partial charge in [0.25, 0.3) is 5.91 Å². The van der Waals surface area contributed by atoms with E-state index in [9.17, 15) is 13.2 Å². The van der Waals surface area contributed by atoms with Crippen LogP contribution in [0.4, 0.5) is 5.95 Å². The predicted molar refractivity (Wildman–Crippen MR) is 113 cm³/mol. The monoisotopic (exact) mass is 431 g/mol. The van der Waals surface area contributed by atoms with E-state index in [0.717, 1.165) is 5.56 Å². The summed E-state index contributed by atoms with van der Waals surface area (Å²) in [5, 5.41) is 4.59. The molecule has 152 valence electrons. The molecule has 4 rings (SSSR count). The van der Waals surface area contributed by atoms with E-state index in [1.807, 2.05) is 30.5 Å². The van der Waals surface area contributed by atoms with Crippen LogP contribution in [0, 0.1) is 0 Å². The smallest absolute Gasteiger partial charge is 0.274 e. The fraction of sp³-hybridized carbons (Fsp3) is 0.368. The average molecular weight is 432 g/mol. The lowest BCUT2D eigenvalue weighted by atomic mass is 10.1. The van der Waals surface area contributed by atoms with Gasteiger partial charge in [-0.3, -0.25) is 9.78 Å². The molecule has 0 unspecified atom stereocenters. The molecule has 0 bridgehead atoms. The van der Waals surface area contributed by atoms with Crippen molar-refractivity contribution in [2.75, 3.05) is 24.7 Å². The number of rotatable bonds is 5. The zero-order valence-corrected chi connectivity index (χ0v) is 17.7. The van der Waals surface area contributed by atoms with Crippen molar-refractivity contribution in [1.82, 2.24) is 19.9 Å². The van der Waals surface area contributed by atoms with E-state index in [4.69, 9.17) is 0 Å². The number of hydrogen-bond acceptors (Lipinski definition) is 8. The van der Waals surface area contributed by atoms with Gasteiger partial charge in [-0.15, -0.1) is 11.3 Å². The molecule has 1 saturated heterocycles. The standard InChI is InChI=1S/C19H21N5O3S2/c1-12(13-4-3-7-20-10-13)21-19-22-15-6-9-28-17(15)16(23-19)18(25)24-8-5-14(11-24)29(2,26)27/h3-4,6-7,9-10,12,14H,5,8,11H2,1-2H3,(H,21,22,23)/t12-,14-/m0/s1. The summed E-state index contributed by atoms with van der Waals surface area (Å²) in [6.07, 6.45) is 5.14. The molecule has 0 radical (unpaired) electrons. The molecule has 2 atom stereocenters. The van der Waals surface area contributed by atoms with E-state index < -0.39 is 15.1 Å².